The molecule has 0 radical (unpaired) electrons. The average molecular weight is 396 g/mol. The van der Waals surface area contributed by atoms with E-state index in [4.69, 9.17) is 10.5 Å². The van der Waals surface area contributed by atoms with Gasteiger partial charge >= 0.3 is 5.97 Å². The number of carbonyl (C=O) groups excluding carboxylic acids is 1. The van der Waals surface area contributed by atoms with Gasteiger partial charge in [-0.3, -0.25) is 4.79 Å². The lowest BCUT2D eigenvalue weighted by Gasteiger charge is -2.27. The summed E-state index contributed by atoms with van der Waals surface area (Å²) in [5.74, 6) is -0.183. The summed E-state index contributed by atoms with van der Waals surface area (Å²) < 4.78 is 5.44. The Balaban J connectivity index is 2.04. The minimum Gasteiger partial charge on any atom is -0.461 e. The molecule has 4 nitrogen and oxygen atoms in total. The summed E-state index contributed by atoms with van der Waals surface area (Å²) in [5.41, 5.74) is 6.14. The summed E-state index contributed by atoms with van der Waals surface area (Å²) in [6.45, 7) is 2.26. The molecule has 0 saturated carbocycles. The highest BCUT2D eigenvalue weighted by Gasteiger charge is 2.27. The molecule has 1 rings (SSSR count). The van der Waals surface area contributed by atoms with Crippen LogP contribution in [-0.4, -0.2) is 29.3 Å². The number of carbonyl (C=O) groups is 1. The molecule has 3 N–H and O–H groups in total. The minimum atomic E-state index is -0.745. The van der Waals surface area contributed by atoms with Crippen LogP contribution >= 0.6 is 0 Å². The Morgan fingerprint density at radius 1 is 1.00 bits per heavy atom. The van der Waals surface area contributed by atoms with Gasteiger partial charge in [0.2, 0.25) is 0 Å². The van der Waals surface area contributed by atoms with Crippen LogP contribution in [0.2, 0.25) is 0 Å². The Kier molecular flexibility index (Phi) is 15.3. The zero-order valence-corrected chi connectivity index (χ0v) is 18.2. The molecule has 1 aliphatic rings. The van der Waals surface area contributed by atoms with Crippen LogP contribution in [0, 0.1) is 0 Å². The number of hydrogen-bond acceptors (Lipinski definition) is 4. The Morgan fingerprint density at radius 2 is 1.61 bits per heavy atom. The molecule has 3 unspecified atom stereocenters. The lowest BCUT2D eigenvalue weighted by molar-refractivity contribution is -0.152. The van der Waals surface area contributed by atoms with Gasteiger partial charge < -0.3 is 15.6 Å². The second-order valence-electron chi connectivity index (χ2n) is 8.45. The molecule has 0 bridgehead atoms. The zero-order valence-electron chi connectivity index (χ0n) is 18.2. The van der Waals surface area contributed by atoms with Crippen LogP contribution < -0.4 is 5.73 Å². The van der Waals surface area contributed by atoms with Gasteiger partial charge in [-0.05, 0) is 32.1 Å². The summed E-state index contributed by atoms with van der Waals surface area (Å²) in [6, 6.07) is -0.532. The van der Waals surface area contributed by atoms with E-state index in [0.717, 1.165) is 38.5 Å². The van der Waals surface area contributed by atoms with Gasteiger partial charge in [-0.1, -0.05) is 89.7 Å². The third-order valence-corrected chi connectivity index (χ3v) is 5.78. The minimum absolute atomic E-state index is 0.183. The van der Waals surface area contributed by atoms with Crippen molar-refractivity contribution in [2.24, 2.45) is 5.73 Å². The lowest BCUT2D eigenvalue weighted by Crippen LogP contribution is -2.46. The molecule has 0 aliphatic carbocycles. The number of hydrogen-bond donors (Lipinski definition) is 2. The summed E-state index contributed by atoms with van der Waals surface area (Å²) in [4.78, 5) is 11.7. The largest absolute Gasteiger partial charge is 0.461 e. The van der Waals surface area contributed by atoms with Crippen molar-refractivity contribution < 1.29 is 14.6 Å². The molecule has 0 aromatic carbocycles. The molecule has 28 heavy (non-hydrogen) atoms. The third kappa shape index (κ3) is 12.6. The first-order valence-corrected chi connectivity index (χ1v) is 11.9. The number of allylic oxidation sites excluding steroid dienone is 1. The summed E-state index contributed by atoms with van der Waals surface area (Å²) in [6.07, 6.45) is 22.6. The van der Waals surface area contributed by atoms with Crippen molar-refractivity contribution in [3.8, 4) is 0 Å². The number of cyclic esters (lactones) is 1. The lowest BCUT2D eigenvalue weighted by atomic mass is 9.97. The van der Waals surface area contributed by atoms with Gasteiger partial charge in [0.1, 0.15) is 6.10 Å². The van der Waals surface area contributed by atoms with Crippen molar-refractivity contribution in [2.75, 3.05) is 0 Å². The predicted molar refractivity (Wildman–Crippen MR) is 117 cm³/mol. The monoisotopic (exact) mass is 395 g/mol. The van der Waals surface area contributed by atoms with Crippen molar-refractivity contribution >= 4 is 5.97 Å². The number of esters is 1. The molecule has 0 spiro atoms. The fourth-order valence-electron chi connectivity index (χ4n) is 3.86. The number of nitrogens with two attached hydrogens (primary N) is 1. The van der Waals surface area contributed by atoms with Gasteiger partial charge in [0.15, 0.2) is 0 Å². The van der Waals surface area contributed by atoms with E-state index < -0.39 is 12.1 Å². The maximum absolute atomic E-state index is 11.7. The summed E-state index contributed by atoms with van der Waals surface area (Å²) >= 11 is 0. The first-order chi connectivity index (χ1) is 13.6. The predicted octanol–water partition coefficient (Wildman–Crippen LogP) is 5.81. The van der Waals surface area contributed by atoms with E-state index in [1.54, 1.807) is 6.08 Å². The maximum Gasteiger partial charge on any atom is 0.306 e. The molecule has 0 aromatic heterocycles. The highest BCUT2D eigenvalue weighted by molar-refractivity contribution is 5.69. The zero-order chi connectivity index (χ0) is 20.5. The second-order valence-corrected chi connectivity index (χ2v) is 8.45. The molecule has 4 heteroatoms. The van der Waals surface area contributed by atoms with Crippen LogP contribution in [-0.2, 0) is 9.53 Å². The molecule has 1 saturated heterocycles. The van der Waals surface area contributed by atoms with Gasteiger partial charge in [-0.2, -0.15) is 0 Å². The van der Waals surface area contributed by atoms with Crippen LogP contribution in [0.5, 0.6) is 0 Å². The Hall–Kier alpha value is -0.870. The van der Waals surface area contributed by atoms with E-state index in [0.29, 0.717) is 6.42 Å². The molecule has 0 amide bonds. The molecule has 1 heterocycles. The molecular weight excluding hydrogens is 350 g/mol. The standard InChI is InChI=1S/C24H45NO3/c1-2-3-4-5-6-7-8-9-10-11-12-13-15-18-21(26)24(25)22-19-16-14-17-20-23(27)28-22/h15,18,21-22,24,26H,2-14,16-17,19-20,25H2,1H3. The molecular formula is C24H45NO3. The molecule has 3 atom stereocenters. The Labute approximate surface area is 173 Å². The van der Waals surface area contributed by atoms with Gasteiger partial charge in [0.25, 0.3) is 0 Å². The number of aliphatic hydroxyl groups is 1. The third-order valence-electron chi connectivity index (χ3n) is 5.78. The Bertz CT molecular complexity index is 411. The molecule has 164 valence electrons. The van der Waals surface area contributed by atoms with E-state index in [1.165, 1.54) is 64.2 Å². The SMILES string of the molecule is CCCCCCCCCCCCCC=CC(O)C(N)C1CCCCCC(=O)O1. The van der Waals surface area contributed by atoms with E-state index in [9.17, 15) is 9.90 Å². The molecule has 0 aromatic rings. The quantitative estimate of drug-likeness (QED) is 0.208. The maximum atomic E-state index is 11.7. The summed E-state index contributed by atoms with van der Waals surface area (Å²) in [7, 11) is 0. The average Bonchev–Trinajstić information content (AvgIpc) is 2.67. The molecule has 1 fully saturated rings. The second kappa shape index (κ2) is 17.0. The number of ether oxygens (including phenoxy) is 1. The Morgan fingerprint density at radius 3 is 2.25 bits per heavy atom. The first-order valence-electron chi connectivity index (χ1n) is 11.9. The van der Waals surface area contributed by atoms with Crippen LogP contribution in [0.25, 0.3) is 0 Å². The van der Waals surface area contributed by atoms with Gasteiger partial charge in [-0.15, -0.1) is 0 Å². The fourth-order valence-corrected chi connectivity index (χ4v) is 3.86. The van der Waals surface area contributed by atoms with E-state index >= 15 is 0 Å². The number of aliphatic hydroxyl groups excluding tert-OH is 1. The van der Waals surface area contributed by atoms with Crippen LogP contribution in [0.4, 0.5) is 0 Å². The molecule has 1 aliphatic heterocycles. The smallest absolute Gasteiger partial charge is 0.306 e. The van der Waals surface area contributed by atoms with Crippen molar-refractivity contribution in [2.45, 2.75) is 134 Å². The van der Waals surface area contributed by atoms with Crippen molar-refractivity contribution in [3.63, 3.8) is 0 Å². The van der Waals surface area contributed by atoms with Crippen molar-refractivity contribution in [1.29, 1.82) is 0 Å². The van der Waals surface area contributed by atoms with Crippen LogP contribution in [0.1, 0.15) is 116 Å². The van der Waals surface area contributed by atoms with Gasteiger partial charge in [-0.25, -0.2) is 0 Å². The van der Waals surface area contributed by atoms with Crippen LogP contribution in [0.3, 0.4) is 0 Å². The number of rotatable bonds is 15. The van der Waals surface area contributed by atoms with E-state index in [-0.39, 0.29) is 12.1 Å². The van der Waals surface area contributed by atoms with Gasteiger partial charge in [0.05, 0.1) is 12.1 Å². The normalized spacial score (nSPS) is 20.5. The number of unbranched alkanes of at least 4 members (excludes halogenated alkanes) is 11. The van der Waals surface area contributed by atoms with Crippen molar-refractivity contribution in [1.82, 2.24) is 0 Å². The summed E-state index contributed by atoms with van der Waals surface area (Å²) in [5, 5.41) is 10.3. The van der Waals surface area contributed by atoms with Crippen LogP contribution in [0.15, 0.2) is 12.2 Å². The van der Waals surface area contributed by atoms with E-state index in [2.05, 4.69) is 6.92 Å². The highest BCUT2D eigenvalue weighted by atomic mass is 16.5. The highest BCUT2D eigenvalue weighted by Crippen LogP contribution is 2.18. The fraction of sp³-hybridized carbons (Fsp3) is 0.875. The van der Waals surface area contributed by atoms with Gasteiger partial charge in [0, 0.05) is 6.42 Å². The van der Waals surface area contributed by atoms with Crippen molar-refractivity contribution in [3.05, 3.63) is 12.2 Å². The first kappa shape index (κ1) is 25.2. The topological polar surface area (TPSA) is 72.5 Å². The van der Waals surface area contributed by atoms with E-state index in [1.807, 2.05) is 6.08 Å².